The molecule has 1 saturated heterocycles. The monoisotopic (exact) mass is 415 g/mol. The van der Waals surface area contributed by atoms with Gasteiger partial charge in [-0.3, -0.25) is 4.79 Å². The molecule has 1 aliphatic rings. The van der Waals surface area contributed by atoms with E-state index >= 15 is 0 Å². The molecule has 2 heterocycles. The summed E-state index contributed by atoms with van der Waals surface area (Å²) in [5.41, 5.74) is 1.23. The van der Waals surface area contributed by atoms with E-state index in [0.717, 1.165) is 41.6 Å². The predicted octanol–water partition coefficient (Wildman–Crippen LogP) is 4.00. The van der Waals surface area contributed by atoms with Gasteiger partial charge >= 0.3 is 0 Å². The summed E-state index contributed by atoms with van der Waals surface area (Å²) in [6.07, 6.45) is 5.83. The van der Waals surface area contributed by atoms with Crippen LogP contribution in [0.3, 0.4) is 0 Å². The zero-order valence-corrected chi connectivity index (χ0v) is 15.8. The summed E-state index contributed by atoms with van der Waals surface area (Å²) in [5, 5.41) is 6.86. The molecule has 4 nitrogen and oxygen atoms in total. The van der Waals surface area contributed by atoms with Crippen LogP contribution in [0.4, 0.5) is 5.13 Å². The van der Waals surface area contributed by atoms with Gasteiger partial charge < -0.3 is 10.6 Å². The van der Waals surface area contributed by atoms with Gasteiger partial charge in [0.2, 0.25) is 5.91 Å². The van der Waals surface area contributed by atoms with Gasteiger partial charge in [0.15, 0.2) is 5.13 Å². The van der Waals surface area contributed by atoms with Gasteiger partial charge in [-0.15, -0.1) is 23.7 Å². The number of thiazole rings is 1. The molecular formula is C16H19BrClN3OS. The summed E-state index contributed by atoms with van der Waals surface area (Å²) >= 11 is 5.02. The first-order valence-corrected chi connectivity index (χ1v) is 9.05. The lowest BCUT2D eigenvalue weighted by Crippen LogP contribution is -2.43. The van der Waals surface area contributed by atoms with Crippen LogP contribution in [0.15, 0.2) is 34.9 Å². The third kappa shape index (κ3) is 5.28. The van der Waals surface area contributed by atoms with Crippen molar-refractivity contribution in [2.24, 2.45) is 0 Å². The second kappa shape index (κ2) is 8.78. The van der Waals surface area contributed by atoms with E-state index in [4.69, 9.17) is 0 Å². The normalized spacial score (nSPS) is 17.3. The molecule has 1 unspecified atom stereocenters. The number of nitrogens with zero attached hydrogens (tertiary/aromatic N) is 1. The van der Waals surface area contributed by atoms with Gasteiger partial charge in [0, 0.05) is 22.0 Å². The fraction of sp³-hybridized carbons (Fsp3) is 0.375. The lowest BCUT2D eigenvalue weighted by Gasteiger charge is -2.21. The standard InChI is InChI=1S/C16H18BrN3OS.ClH/c17-12-5-3-4-11(8-12)9-13-10-19-16(22-13)20-15(21)14-6-1-2-7-18-14;/h3-5,8,10,14,18H,1-2,6-7,9H2,(H,19,20,21);1H. The molecule has 1 amide bonds. The number of piperidine rings is 1. The third-order valence-corrected chi connectivity index (χ3v) is 5.08. The summed E-state index contributed by atoms with van der Waals surface area (Å²) in [6, 6.07) is 8.15. The van der Waals surface area contributed by atoms with Crippen molar-refractivity contribution in [3.05, 3.63) is 45.4 Å². The zero-order chi connectivity index (χ0) is 15.4. The average Bonchev–Trinajstić information content (AvgIpc) is 2.95. The van der Waals surface area contributed by atoms with Crippen LogP contribution >= 0.6 is 39.7 Å². The van der Waals surface area contributed by atoms with Crippen molar-refractivity contribution >= 4 is 50.7 Å². The van der Waals surface area contributed by atoms with Crippen molar-refractivity contribution < 1.29 is 4.79 Å². The van der Waals surface area contributed by atoms with Crippen molar-refractivity contribution in [3.63, 3.8) is 0 Å². The van der Waals surface area contributed by atoms with E-state index in [9.17, 15) is 4.79 Å². The molecule has 0 spiro atoms. The molecule has 1 fully saturated rings. The van der Waals surface area contributed by atoms with E-state index in [1.807, 2.05) is 18.3 Å². The lowest BCUT2D eigenvalue weighted by molar-refractivity contribution is -0.118. The number of rotatable bonds is 4. The molecule has 0 bridgehead atoms. The number of carbonyl (C=O) groups excluding carboxylic acids is 1. The molecule has 7 heteroatoms. The predicted molar refractivity (Wildman–Crippen MR) is 101 cm³/mol. The van der Waals surface area contributed by atoms with Crippen molar-refractivity contribution in [2.45, 2.75) is 31.7 Å². The second-order valence-electron chi connectivity index (χ2n) is 5.43. The third-order valence-electron chi connectivity index (χ3n) is 3.68. The van der Waals surface area contributed by atoms with Crippen LogP contribution in [-0.2, 0) is 11.2 Å². The Balaban J connectivity index is 0.00000192. The SMILES string of the molecule is Cl.O=C(Nc1ncc(Cc2cccc(Br)c2)s1)C1CCCCN1. The van der Waals surface area contributed by atoms with Crippen molar-refractivity contribution in [1.29, 1.82) is 0 Å². The Morgan fingerprint density at radius 3 is 3.04 bits per heavy atom. The van der Waals surface area contributed by atoms with Gasteiger partial charge in [0.05, 0.1) is 6.04 Å². The Morgan fingerprint density at radius 1 is 1.43 bits per heavy atom. The summed E-state index contributed by atoms with van der Waals surface area (Å²) in [5.74, 6) is 0.0306. The molecule has 23 heavy (non-hydrogen) atoms. The quantitative estimate of drug-likeness (QED) is 0.792. The second-order valence-corrected chi connectivity index (χ2v) is 7.46. The van der Waals surface area contributed by atoms with Gasteiger partial charge in [-0.05, 0) is 37.1 Å². The fourth-order valence-corrected chi connectivity index (χ4v) is 3.86. The molecular weight excluding hydrogens is 398 g/mol. The number of anilines is 1. The minimum absolute atomic E-state index is 0. The van der Waals surface area contributed by atoms with Crippen molar-refractivity contribution in [2.75, 3.05) is 11.9 Å². The number of nitrogens with one attached hydrogen (secondary N) is 2. The Labute approximate surface area is 154 Å². The first-order chi connectivity index (χ1) is 10.7. The van der Waals surface area contributed by atoms with Crippen LogP contribution in [0.2, 0.25) is 0 Å². The number of hydrogen-bond donors (Lipinski definition) is 2. The molecule has 2 aromatic rings. The molecule has 2 N–H and O–H groups in total. The van der Waals surface area contributed by atoms with Gasteiger partial charge in [0.25, 0.3) is 0 Å². The fourth-order valence-electron chi connectivity index (χ4n) is 2.56. The summed E-state index contributed by atoms with van der Waals surface area (Å²) < 4.78 is 1.08. The first kappa shape index (κ1) is 18.4. The highest BCUT2D eigenvalue weighted by Gasteiger charge is 2.21. The van der Waals surface area contributed by atoms with Crippen LogP contribution in [0.1, 0.15) is 29.7 Å². The number of benzene rings is 1. The Kier molecular flexibility index (Phi) is 7.02. The van der Waals surface area contributed by atoms with Gasteiger partial charge in [-0.25, -0.2) is 4.98 Å². The Hall–Kier alpha value is -0.950. The average molecular weight is 417 g/mol. The molecule has 0 aliphatic carbocycles. The van der Waals surface area contributed by atoms with Crippen LogP contribution in [0.25, 0.3) is 0 Å². The molecule has 1 aromatic carbocycles. The number of amides is 1. The maximum absolute atomic E-state index is 12.2. The largest absolute Gasteiger partial charge is 0.306 e. The molecule has 1 aliphatic heterocycles. The minimum atomic E-state index is -0.0776. The van der Waals surface area contributed by atoms with E-state index in [1.54, 1.807) is 0 Å². The van der Waals surface area contributed by atoms with E-state index in [2.05, 4.69) is 43.7 Å². The Morgan fingerprint density at radius 2 is 2.30 bits per heavy atom. The molecule has 124 valence electrons. The number of carbonyl (C=O) groups is 1. The highest BCUT2D eigenvalue weighted by molar-refractivity contribution is 9.10. The van der Waals surface area contributed by atoms with Crippen molar-refractivity contribution in [1.82, 2.24) is 10.3 Å². The molecule has 0 radical (unpaired) electrons. The number of hydrogen-bond acceptors (Lipinski definition) is 4. The maximum atomic E-state index is 12.2. The highest BCUT2D eigenvalue weighted by Crippen LogP contribution is 2.23. The van der Waals surface area contributed by atoms with Crippen molar-refractivity contribution in [3.8, 4) is 0 Å². The molecule has 0 saturated carbocycles. The van der Waals surface area contributed by atoms with Crippen LogP contribution in [0.5, 0.6) is 0 Å². The number of halogens is 2. The molecule has 1 aromatic heterocycles. The maximum Gasteiger partial charge on any atom is 0.243 e. The topological polar surface area (TPSA) is 54.0 Å². The summed E-state index contributed by atoms with van der Waals surface area (Å²) in [7, 11) is 0. The Bertz CT molecular complexity index is 658. The lowest BCUT2D eigenvalue weighted by atomic mass is 10.0. The minimum Gasteiger partial charge on any atom is -0.306 e. The first-order valence-electron chi connectivity index (χ1n) is 7.44. The van der Waals surface area contributed by atoms with E-state index in [1.165, 1.54) is 16.9 Å². The van der Waals surface area contributed by atoms with Gasteiger partial charge in [0.1, 0.15) is 0 Å². The summed E-state index contributed by atoms with van der Waals surface area (Å²) in [6.45, 7) is 0.921. The van der Waals surface area contributed by atoms with Crippen LogP contribution in [-0.4, -0.2) is 23.5 Å². The van der Waals surface area contributed by atoms with Crippen LogP contribution in [0, 0.1) is 0 Å². The molecule has 3 rings (SSSR count). The van der Waals surface area contributed by atoms with E-state index < -0.39 is 0 Å². The number of aromatic nitrogens is 1. The smallest absolute Gasteiger partial charge is 0.243 e. The van der Waals surface area contributed by atoms with E-state index in [-0.39, 0.29) is 24.4 Å². The highest BCUT2D eigenvalue weighted by atomic mass is 79.9. The van der Waals surface area contributed by atoms with Gasteiger partial charge in [-0.2, -0.15) is 0 Å². The zero-order valence-electron chi connectivity index (χ0n) is 12.5. The van der Waals surface area contributed by atoms with Crippen LogP contribution < -0.4 is 10.6 Å². The van der Waals surface area contributed by atoms with E-state index in [0.29, 0.717) is 5.13 Å². The van der Waals surface area contributed by atoms with Gasteiger partial charge in [-0.1, -0.05) is 34.5 Å². The molecule has 1 atom stereocenters. The summed E-state index contributed by atoms with van der Waals surface area (Å²) in [4.78, 5) is 17.6.